The maximum atomic E-state index is 12.2. The second-order valence-corrected chi connectivity index (χ2v) is 5.78. The number of para-hydroxylation sites is 1. The number of benzene rings is 2. The first-order valence-electron chi connectivity index (χ1n) is 8.00. The van der Waals surface area contributed by atoms with Crippen molar-refractivity contribution < 1.29 is 9.59 Å². The highest BCUT2D eigenvalue weighted by molar-refractivity contribution is 6.33. The highest BCUT2D eigenvalue weighted by atomic mass is 35.5. The summed E-state index contributed by atoms with van der Waals surface area (Å²) < 4.78 is 0. The topological polar surface area (TPSA) is 58.2 Å². The van der Waals surface area contributed by atoms with Crippen LogP contribution >= 0.6 is 11.6 Å². The number of amides is 2. The van der Waals surface area contributed by atoms with Gasteiger partial charge in [-0.1, -0.05) is 55.8 Å². The van der Waals surface area contributed by atoms with Crippen molar-refractivity contribution in [2.75, 3.05) is 11.9 Å². The predicted octanol–water partition coefficient (Wildman–Crippen LogP) is 3.83. The molecule has 0 spiro atoms. The van der Waals surface area contributed by atoms with Crippen LogP contribution in [0.15, 0.2) is 42.5 Å². The maximum Gasteiger partial charge on any atom is 0.253 e. The molecule has 0 atom stereocenters. The van der Waals surface area contributed by atoms with Crippen LogP contribution in [0, 0.1) is 0 Å². The minimum atomic E-state index is -0.366. The molecule has 0 unspecified atom stereocenters. The third-order valence-electron chi connectivity index (χ3n) is 3.79. The van der Waals surface area contributed by atoms with Crippen molar-refractivity contribution in [1.29, 1.82) is 0 Å². The molecule has 0 bridgehead atoms. The minimum Gasteiger partial charge on any atom is -0.343 e. The van der Waals surface area contributed by atoms with Gasteiger partial charge >= 0.3 is 0 Å². The van der Waals surface area contributed by atoms with E-state index in [1.54, 1.807) is 24.3 Å². The lowest BCUT2D eigenvalue weighted by Crippen LogP contribution is -2.33. The summed E-state index contributed by atoms with van der Waals surface area (Å²) in [6.45, 7) is 3.98. The first-order chi connectivity index (χ1) is 11.6. The van der Waals surface area contributed by atoms with Gasteiger partial charge in [0.2, 0.25) is 5.91 Å². The standard InChI is InChI=1S/C19H21ClN2O2/c1-3-13-8-7-9-14(4-2)18(13)22-17(23)12-21-19(24)15-10-5-6-11-16(15)20/h5-11H,3-4,12H2,1-2H3,(H,21,24)(H,22,23). The van der Waals surface area contributed by atoms with E-state index in [0.717, 1.165) is 29.7 Å². The van der Waals surface area contributed by atoms with Gasteiger partial charge in [0.05, 0.1) is 17.1 Å². The average Bonchev–Trinajstić information content (AvgIpc) is 2.60. The summed E-state index contributed by atoms with van der Waals surface area (Å²) in [5.41, 5.74) is 3.37. The van der Waals surface area contributed by atoms with Crippen LogP contribution in [0.3, 0.4) is 0 Å². The Labute approximate surface area is 147 Å². The number of nitrogens with one attached hydrogen (secondary N) is 2. The van der Waals surface area contributed by atoms with E-state index < -0.39 is 0 Å². The molecule has 2 aromatic carbocycles. The Bertz CT molecular complexity index is 722. The second-order valence-electron chi connectivity index (χ2n) is 5.37. The molecule has 4 nitrogen and oxygen atoms in total. The van der Waals surface area contributed by atoms with Gasteiger partial charge in [-0.2, -0.15) is 0 Å². The van der Waals surface area contributed by atoms with Crippen LogP contribution in [0.1, 0.15) is 35.3 Å². The van der Waals surface area contributed by atoms with Crippen LogP contribution in [0.2, 0.25) is 5.02 Å². The van der Waals surface area contributed by atoms with Crippen LogP contribution in [0.25, 0.3) is 0 Å². The second kappa shape index (κ2) is 8.50. The Kier molecular flexibility index (Phi) is 6.38. The summed E-state index contributed by atoms with van der Waals surface area (Å²) >= 11 is 5.98. The molecular weight excluding hydrogens is 324 g/mol. The summed E-state index contributed by atoms with van der Waals surface area (Å²) in [4.78, 5) is 24.3. The molecule has 5 heteroatoms. The van der Waals surface area contributed by atoms with E-state index in [-0.39, 0.29) is 18.4 Å². The van der Waals surface area contributed by atoms with Crippen molar-refractivity contribution in [3.05, 3.63) is 64.2 Å². The predicted molar refractivity (Wildman–Crippen MR) is 97.6 cm³/mol. The SMILES string of the molecule is CCc1cccc(CC)c1NC(=O)CNC(=O)c1ccccc1Cl. The highest BCUT2D eigenvalue weighted by Gasteiger charge is 2.13. The van der Waals surface area contributed by atoms with Crippen LogP contribution < -0.4 is 10.6 Å². The lowest BCUT2D eigenvalue weighted by molar-refractivity contribution is -0.115. The molecule has 0 radical (unpaired) electrons. The molecule has 0 heterocycles. The smallest absolute Gasteiger partial charge is 0.253 e. The van der Waals surface area contributed by atoms with E-state index in [9.17, 15) is 9.59 Å². The number of hydrogen-bond acceptors (Lipinski definition) is 2. The molecule has 2 rings (SSSR count). The summed E-state index contributed by atoms with van der Waals surface area (Å²) in [6, 6.07) is 12.7. The minimum absolute atomic E-state index is 0.106. The van der Waals surface area contributed by atoms with E-state index in [1.165, 1.54) is 0 Å². The van der Waals surface area contributed by atoms with Crippen molar-refractivity contribution in [3.63, 3.8) is 0 Å². The fraction of sp³-hybridized carbons (Fsp3) is 0.263. The summed E-state index contributed by atoms with van der Waals surface area (Å²) in [7, 11) is 0. The van der Waals surface area contributed by atoms with Crippen molar-refractivity contribution in [2.45, 2.75) is 26.7 Å². The lowest BCUT2D eigenvalue weighted by Gasteiger charge is -2.14. The summed E-state index contributed by atoms with van der Waals surface area (Å²) in [5.74, 6) is -0.624. The molecule has 0 aliphatic carbocycles. The third kappa shape index (κ3) is 4.36. The van der Waals surface area contributed by atoms with Gasteiger partial charge in [0.25, 0.3) is 5.91 Å². The van der Waals surface area contributed by atoms with E-state index in [4.69, 9.17) is 11.6 Å². The Balaban J connectivity index is 2.02. The molecule has 2 amide bonds. The molecule has 2 N–H and O–H groups in total. The first-order valence-corrected chi connectivity index (χ1v) is 8.37. The molecule has 126 valence electrons. The third-order valence-corrected chi connectivity index (χ3v) is 4.12. The quantitative estimate of drug-likeness (QED) is 0.836. The number of anilines is 1. The van der Waals surface area contributed by atoms with E-state index in [1.807, 2.05) is 32.0 Å². The molecule has 0 saturated carbocycles. The number of aryl methyl sites for hydroxylation is 2. The lowest BCUT2D eigenvalue weighted by atomic mass is 10.0. The Morgan fingerprint density at radius 3 is 2.17 bits per heavy atom. The Hall–Kier alpha value is -2.33. The van der Waals surface area contributed by atoms with Gasteiger partial charge in [-0.05, 0) is 36.1 Å². The Morgan fingerprint density at radius 1 is 0.958 bits per heavy atom. The summed E-state index contributed by atoms with van der Waals surface area (Å²) in [6.07, 6.45) is 1.66. The van der Waals surface area contributed by atoms with Crippen molar-refractivity contribution in [2.24, 2.45) is 0 Å². The van der Waals surface area contributed by atoms with Crippen molar-refractivity contribution in [1.82, 2.24) is 5.32 Å². The molecule has 0 aliphatic rings. The van der Waals surface area contributed by atoms with E-state index in [0.29, 0.717) is 10.6 Å². The van der Waals surface area contributed by atoms with Crippen LogP contribution in [-0.4, -0.2) is 18.4 Å². The summed E-state index contributed by atoms with van der Waals surface area (Å²) in [5, 5.41) is 5.88. The molecule has 0 fully saturated rings. The molecular formula is C19H21ClN2O2. The van der Waals surface area contributed by atoms with Crippen LogP contribution in [0.4, 0.5) is 5.69 Å². The zero-order valence-electron chi connectivity index (χ0n) is 13.9. The van der Waals surface area contributed by atoms with Gasteiger partial charge in [0.1, 0.15) is 0 Å². The fourth-order valence-corrected chi connectivity index (χ4v) is 2.71. The number of carbonyl (C=O) groups excluding carboxylic acids is 2. The molecule has 2 aromatic rings. The zero-order valence-corrected chi connectivity index (χ0v) is 14.6. The monoisotopic (exact) mass is 344 g/mol. The normalized spacial score (nSPS) is 10.3. The number of rotatable bonds is 6. The van der Waals surface area contributed by atoms with Crippen LogP contribution in [-0.2, 0) is 17.6 Å². The van der Waals surface area contributed by atoms with Gasteiger partial charge in [-0.3, -0.25) is 9.59 Å². The first kappa shape index (κ1) is 18.0. The largest absolute Gasteiger partial charge is 0.343 e. The van der Waals surface area contributed by atoms with Crippen molar-refractivity contribution >= 4 is 29.1 Å². The van der Waals surface area contributed by atoms with Gasteiger partial charge in [0.15, 0.2) is 0 Å². The zero-order chi connectivity index (χ0) is 17.5. The molecule has 0 saturated heterocycles. The average molecular weight is 345 g/mol. The number of carbonyl (C=O) groups is 2. The van der Waals surface area contributed by atoms with Gasteiger partial charge in [-0.15, -0.1) is 0 Å². The van der Waals surface area contributed by atoms with Gasteiger partial charge < -0.3 is 10.6 Å². The number of halogens is 1. The Morgan fingerprint density at radius 2 is 1.58 bits per heavy atom. The van der Waals surface area contributed by atoms with Gasteiger partial charge in [-0.25, -0.2) is 0 Å². The van der Waals surface area contributed by atoms with E-state index in [2.05, 4.69) is 10.6 Å². The van der Waals surface area contributed by atoms with E-state index >= 15 is 0 Å². The molecule has 0 aliphatic heterocycles. The maximum absolute atomic E-state index is 12.2. The highest BCUT2D eigenvalue weighted by Crippen LogP contribution is 2.22. The molecule has 24 heavy (non-hydrogen) atoms. The molecule has 0 aromatic heterocycles. The fourth-order valence-electron chi connectivity index (χ4n) is 2.49. The number of hydrogen-bond donors (Lipinski definition) is 2. The van der Waals surface area contributed by atoms with Crippen LogP contribution in [0.5, 0.6) is 0 Å². The van der Waals surface area contributed by atoms with Gasteiger partial charge in [0, 0.05) is 5.69 Å². The van der Waals surface area contributed by atoms with Crippen molar-refractivity contribution in [3.8, 4) is 0 Å².